The summed E-state index contributed by atoms with van der Waals surface area (Å²) >= 11 is 0. The van der Waals surface area contributed by atoms with E-state index in [0.29, 0.717) is 25.9 Å². The summed E-state index contributed by atoms with van der Waals surface area (Å²) in [7, 11) is 0. The second-order valence-electron chi connectivity index (χ2n) is 6.23. The van der Waals surface area contributed by atoms with Crippen LogP contribution >= 0.6 is 0 Å². The quantitative estimate of drug-likeness (QED) is 0.730. The van der Waals surface area contributed by atoms with Crippen LogP contribution in [0.15, 0.2) is 10.2 Å². The summed E-state index contributed by atoms with van der Waals surface area (Å²) in [5.41, 5.74) is -0.347. The van der Waals surface area contributed by atoms with Gasteiger partial charge in [0, 0.05) is 32.2 Å². The number of fused-ring (bicyclic) bond motifs is 1. The monoisotopic (exact) mass is 289 g/mol. The molecule has 0 spiro atoms. The molecule has 5 heteroatoms. The lowest BCUT2D eigenvalue weighted by atomic mass is 9.89. The Balaban J connectivity index is 1.51. The third-order valence-electron chi connectivity index (χ3n) is 4.84. The van der Waals surface area contributed by atoms with Gasteiger partial charge in [0.1, 0.15) is 0 Å². The highest BCUT2D eigenvalue weighted by atomic mass is 16.5. The predicted molar refractivity (Wildman–Crippen MR) is 78.6 cm³/mol. The normalized spacial score (nSPS) is 29.6. The van der Waals surface area contributed by atoms with E-state index < -0.39 is 0 Å². The van der Waals surface area contributed by atoms with E-state index in [1.54, 1.807) is 0 Å². The molecule has 1 amide bonds. The second-order valence-corrected chi connectivity index (χ2v) is 6.23. The van der Waals surface area contributed by atoms with Gasteiger partial charge in [-0.1, -0.05) is 12.8 Å². The van der Waals surface area contributed by atoms with Crippen molar-refractivity contribution in [3.8, 4) is 12.3 Å². The summed E-state index contributed by atoms with van der Waals surface area (Å²) in [6.07, 6.45) is 12.8. The minimum absolute atomic E-state index is 0.229. The number of hydrogen-bond donors (Lipinski definition) is 0. The molecule has 0 aromatic rings. The highest BCUT2D eigenvalue weighted by Crippen LogP contribution is 2.38. The predicted octanol–water partition coefficient (Wildman–Crippen LogP) is 2.51. The van der Waals surface area contributed by atoms with Crippen LogP contribution in [0, 0.1) is 12.3 Å². The van der Waals surface area contributed by atoms with E-state index in [9.17, 15) is 4.79 Å². The molecule has 21 heavy (non-hydrogen) atoms. The standard InChI is InChI=1S/C16H23N3O2/c1-2-3-9-16(17-18-16)10-8-15(20)19-11-12-21-14-7-5-4-6-13(14)19/h1,13-14H,3-12H2. The van der Waals surface area contributed by atoms with Crippen LogP contribution in [0.3, 0.4) is 0 Å². The zero-order valence-electron chi connectivity index (χ0n) is 12.5. The van der Waals surface area contributed by atoms with Crippen molar-refractivity contribution in [3.63, 3.8) is 0 Å². The Morgan fingerprint density at radius 1 is 1.33 bits per heavy atom. The van der Waals surface area contributed by atoms with Crippen molar-refractivity contribution in [2.45, 2.75) is 69.2 Å². The van der Waals surface area contributed by atoms with Crippen LogP contribution in [-0.4, -0.2) is 41.8 Å². The second kappa shape index (κ2) is 6.15. The Morgan fingerprint density at radius 3 is 2.90 bits per heavy atom. The maximum absolute atomic E-state index is 12.5. The molecule has 2 unspecified atom stereocenters. The number of morpholine rings is 1. The molecular weight excluding hydrogens is 266 g/mol. The van der Waals surface area contributed by atoms with Gasteiger partial charge in [0.05, 0.1) is 18.8 Å². The van der Waals surface area contributed by atoms with Crippen molar-refractivity contribution in [1.29, 1.82) is 0 Å². The Morgan fingerprint density at radius 2 is 2.14 bits per heavy atom. The van der Waals surface area contributed by atoms with E-state index in [4.69, 9.17) is 11.2 Å². The molecule has 3 rings (SSSR count). The van der Waals surface area contributed by atoms with Crippen molar-refractivity contribution in [2.24, 2.45) is 10.2 Å². The molecule has 0 radical (unpaired) electrons. The Kier molecular flexibility index (Phi) is 4.25. The largest absolute Gasteiger partial charge is 0.374 e. The molecule has 2 fully saturated rings. The first-order valence-electron chi connectivity index (χ1n) is 8.03. The van der Waals surface area contributed by atoms with Crippen LogP contribution in [0.25, 0.3) is 0 Å². The molecule has 0 aromatic heterocycles. The number of ether oxygens (including phenoxy) is 1. The van der Waals surface area contributed by atoms with Gasteiger partial charge in [0.25, 0.3) is 0 Å². The van der Waals surface area contributed by atoms with Crippen LogP contribution in [0.5, 0.6) is 0 Å². The van der Waals surface area contributed by atoms with Crippen LogP contribution in [0.2, 0.25) is 0 Å². The van der Waals surface area contributed by atoms with Gasteiger partial charge in [-0.05, 0) is 12.8 Å². The molecule has 0 aromatic carbocycles. The first-order valence-corrected chi connectivity index (χ1v) is 8.03. The molecule has 1 saturated carbocycles. The highest BCUT2D eigenvalue weighted by molar-refractivity contribution is 5.77. The number of carbonyl (C=O) groups is 1. The average molecular weight is 289 g/mol. The van der Waals surface area contributed by atoms with Gasteiger partial charge in [0.15, 0.2) is 5.66 Å². The fraction of sp³-hybridized carbons (Fsp3) is 0.812. The maximum Gasteiger partial charge on any atom is 0.223 e. The number of rotatable bonds is 5. The van der Waals surface area contributed by atoms with Crippen LogP contribution in [0.1, 0.15) is 51.4 Å². The van der Waals surface area contributed by atoms with Crippen LogP contribution in [-0.2, 0) is 9.53 Å². The fourth-order valence-corrected chi connectivity index (χ4v) is 3.52. The van der Waals surface area contributed by atoms with Gasteiger partial charge < -0.3 is 9.64 Å². The van der Waals surface area contributed by atoms with Gasteiger partial charge in [0.2, 0.25) is 5.91 Å². The van der Waals surface area contributed by atoms with Crippen molar-refractivity contribution in [1.82, 2.24) is 4.90 Å². The van der Waals surface area contributed by atoms with Crippen LogP contribution in [0.4, 0.5) is 0 Å². The first kappa shape index (κ1) is 14.5. The van der Waals surface area contributed by atoms with E-state index >= 15 is 0 Å². The highest BCUT2D eigenvalue weighted by Gasteiger charge is 2.41. The van der Waals surface area contributed by atoms with E-state index in [1.165, 1.54) is 12.8 Å². The molecule has 1 aliphatic carbocycles. The first-order chi connectivity index (χ1) is 10.2. The van der Waals surface area contributed by atoms with Gasteiger partial charge in [-0.15, -0.1) is 12.3 Å². The Hall–Kier alpha value is -1.41. The van der Waals surface area contributed by atoms with E-state index in [0.717, 1.165) is 25.8 Å². The lowest BCUT2D eigenvalue weighted by Gasteiger charge is -2.44. The summed E-state index contributed by atoms with van der Waals surface area (Å²) in [6, 6.07) is 0.287. The zero-order chi connectivity index (χ0) is 14.7. The van der Waals surface area contributed by atoms with Gasteiger partial charge in [-0.3, -0.25) is 4.79 Å². The lowest BCUT2D eigenvalue weighted by Crippen LogP contribution is -2.54. The number of hydrogen-bond acceptors (Lipinski definition) is 4. The molecule has 3 aliphatic rings. The van der Waals surface area contributed by atoms with E-state index in [-0.39, 0.29) is 23.7 Å². The van der Waals surface area contributed by atoms with Crippen molar-refractivity contribution < 1.29 is 9.53 Å². The average Bonchev–Trinajstić information content (AvgIpc) is 3.30. The van der Waals surface area contributed by atoms with Crippen molar-refractivity contribution >= 4 is 5.91 Å². The molecule has 2 heterocycles. The third-order valence-corrected chi connectivity index (χ3v) is 4.84. The number of amides is 1. The van der Waals surface area contributed by atoms with Crippen molar-refractivity contribution in [3.05, 3.63) is 0 Å². The molecule has 2 atom stereocenters. The number of nitrogens with zero attached hydrogens (tertiary/aromatic N) is 3. The van der Waals surface area contributed by atoms with E-state index in [1.807, 2.05) is 4.90 Å². The number of terminal acetylenes is 1. The van der Waals surface area contributed by atoms with Crippen molar-refractivity contribution in [2.75, 3.05) is 13.2 Å². The summed E-state index contributed by atoms with van der Waals surface area (Å²) in [6.45, 7) is 1.40. The van der Waals surface area contributed by atoms with Gasteiger partial charge >= 0.3 is 0 Å². The van der Waals surface area contributed by atoms with E-state index in [2.05, 4.69) is 16.1 Å². The summed E-state index contributed by atoms with van der Waals surface area (Å²) in [5.74, 6) is 2.85. The fourth-order valence-electron chi connectivity index (χ4n) is 3.52. The zero-order valence-corrected chi connectivity index (χ0v) is 12.5. The summed E-state index contributed by atoms with van der Waals surface area (Å²) < 4.78 is 5.82. The smallest absolute Gasteiger partial charge is 0.223 e. The maximum atomic E-state index is 12.5. The summed E-state index contributed by atoms with van der Waals surface area (Å²) in [5, 5.41) is 8.21. The molecule has 5 nitrogen and oxygen atoms in total. The van der Waals surface area contributed by atoms with Crippen LogP contribution < -0.4 is 0 Å². The lowest BCUT2D eigenvalue weighted by molar-refractivity contribution is -0.149. The molecular formula is C16H23N3O2. The number of carbonyl (C=O) groups excluding carboxylic acids is 1. The Bertz CT molecular complexity index is 461. The third kappa shape index (κ3) is 3.26. The Labute approximate surface area is 126 Å². The summed E-state index contributed by atoms with van der Waals surface area (Å²) in [4.78, 5) is 14.6. The SMILES string of the molecule is C#CCCC1(CCC(=O)N2CCOC3CCCCC32)N=N1. The minimum atomic E-state index is -0.347. The molecule has 0 bridgehead atoms. The molecule has 2 aliphatic heterocycles. The van der Waals surface area contributed by atoms with Gasteiger partial charge in [-0.2, -0.15) is 10.2 Å². The molecule has 114 valence electrons. The van der Waals surface area contributed by atoms with Gasteiger partial charge in [-0.25, -0.2) is 0 Å². The topological polar surface area (TPSA) is 54.3 Å². The minimum Gasteiger partial charge on any atom is -0.374 e. The molecule has 0 N–H and O–H groups in total. The molecule has 1 saturated heterocycles.